The normalized spacial score (nSPS) is 11.0. The van der Waals surface area contributed by atoms with E-state index in [1.165, 1.54) is 0 Å². The van der Waals surface area contributed by atoms with Gasteiger partial charge < -0.3 is 4.74 Å². The van der Waals surface area contributed by atoms with E-state index < -0.39 is 24.1 Å². The molecule has 0 spiro atoms. The third-order valence-corrected chi connectivity index (χ3v) is 2.83. The van der Waals surface area contributed by atoms with Crippen LogP contribution in [0.15, 0.2) is 12.1 Å². The Labute approximate surface area is 118 Å². The summed E-state index contributed by atoms with van der Waals surface area (Å²) >= 11 is 5.53. The monoisotopic (exact) mass is 305 g/mol. The van der Waals surface area contributed by atoms with Gasteiger partial charge in [0, 0.05) is 5.88 Å². The molecule has 3 nitrogen and oxygen atoms in total. The van der Waals surface area contributed by atoms with Gasteiger partial charge >= 0.3 is 12.1 Å². The molecule has 1 rings (SSSR count). The van der Waals surface area contributed by atoms with Crippen molar-refractivity contribution in [2.75, 3.05) is 6.61 Å². The van der Waals surface area contributed by atoms with Crippen LogP contribution in [0.4, 0.5) is 13.2 Å². The van der Waals surface area contributed by atoms with E-state index >= 15 is 0 Å². The van der Waals surface area contributed by atoms with Gasteiger partial charge in [-0.25, -0.2) is 0 Å². The summed E-state index contributed by atoms with van der Waals surface area (Å²) in [6.45, 7) is 1.63. The minimum Gasteiger partial charge on any atom is -0.466 e. The highest BCUT2D eigenvalue weighted by Gasteiger charge is 2.34. The molecule has 0 aliphatic heterocycles. The molecule has 108 valence electrons. The van der Waals surface area contributed by atoms with Crippen molar-refractivity contribution in [3.8, 4) is 6.07 Å². The zero-order valence-electron chi connectivity index (χ0n) is 10.6. The van der Waals surface area contributed by atoms with Gasteiger partial charge in [0.1, 0.15) is 0 Å². The van der Waals surface area contributed by atoms with Gasteiger partial charge in [0.05, 0.1) is 30.2 Å². The lowest BCUT2D eigenvalue weighted by atomic mass is 9.97. The van der Waals surface area contributed by atoms with Gasteiger partial charge in [-0.1, -0.05) is 0 Å². The van der Waals surface area contributed by atoms with Crippen LogP contribution >= 0.6 is 11.6 Å². The van der Waals surface area contributed by atoms with Crippen LogP contribution in [0.3, 0.4) is 0 Å². The third-order valence-electron chi connectivity index (χ3n) is 2.54. The van der Waals surface area contributed by atoms with Gasteiger partial charge in [0.25, 0.3) is 0 Å². The number of nitriles is 1. The van der Waals surface area contributed by atoms with Gasteiger partial charge in [-0.3, -0.25) is 4.79 Å². The first-order valence-electron chi connectivity index (χ1n) is 5.68. The zero-order valence-corrected chi connectivity index (χ0v) is 11.3. The number of rotatable bonds is 4. The molecule has 0 aliphatic rings. The maximum atomic E-state index is 13.0. The van der Waals surface area contributed by atoms with Crippen molar-refractivity contribution in [1.82, 2.24) is 0 Å². The van der Waals surface area contributed by atoms with E-state index in [1.807, 2.05) is 0 Å². The Balaban J connectivity index is 3.32. The minimum atomic E-state index is -4.63. The van der Waals surface area contributed by atoms with Crippen molar-refractivity contribution in [3.05, 3.63) is 34.4 Å². The minimum absolute atomic E-state index is 0.0206. The van der Waals surface area contributed by atoms with E-state index in [1.54, 1.807) is 13.0 Å². The second kappa shape index (κ2) is 6.62. The van der Waals surface area contributed by atoms with Gasteiger partial charge in [0.2, 0.25) is 0 Å². The SMILES string of the molecule is CCOC(=O)Cc1cc(C#N)c(CCl)cc1C(F)(F)F. The first-order valence-corrected chi connectivity index (χ1v) is 6.21. The molecule has 0 N–H and O–H groups in total. The number of hydrogen-bond acceptors (Lipinski definition) is 3. The molecule has 0 atom stereocenters. The largest absolute Gasteiger partial charge is 0.466 e. The molecule has 0 heterocycles. The van der Waals surface area contributed by atoms with E-state index in [0.29, 0.717) is 0 Å². The second-order valence-electron chi connectivity index (χ2n) is 3.89. The second-order valence-corrected chi connectivity index (χ2v) is 4.16. The molecule has 0 aliphatic carbocycles. The Morgan fingerprint density at radius 1 is 1.40 bits per heavy atom. The standard InChI is InChI=1S/C13H11ClF3NO2/c1-2-20-12(19)5-8-3-10(7-18)9(6-14)4-11(8)13(15,16)17/h3-4H,2,5-6H2,1H3. The first kappa shape index (κ1) is 16.3. The lowest BCUT2D eigenvalue weighted by Gasteiger charge is -2.14. The average Bonchev–Trinajstić information content (AvgIpc) is 2.37. The molecule has 1 aromatic rings. The fourth-order valence-corrected chi connectivity index (χ4v) is 1.90. The summed E-state index contributed by atoms with van der Waals surface area (Å²) in [5, 5.41) is 8.90. The average molecular weight is 306 g/mol. The topological polar surface area (TPSA) is 50.1 Å². The van der Waals surface area contributed by atoms with Crippen molar-refractivity contribution in [3.63, 3.8) is 0 Å². The van der Waals surface area contributed by atoms with Gasteiger partial charge in [-0.05, 0) is 30.2 Å². The summed E-state index contributed by atoms with van der Waals surface area (Å²) in [5.41, 5.74) is -1.16. The van der Waals surface area contributed by atoms with Crippen molar-refractivity contribution in [2.45, 2.75) is 25.4 Å². The molecule has 0 amide bonds. The molecular formula is C13H11ClF3NO2. The van der Waals surface area contributed by atoms with E-state index in [9.17, 15) is 18.0 Å². The van der Waals surface area contributed by atoms with Crippen molar-refractivity contribution >= 4 is 17.6 Å². The number of alkyl halides is 4. The summed E-state index contributed by atoms with van der Waals surface area (Å²) in [6.07, 6.45) is -5.17. The zero-order chi connectivity index (χ0) is 15.3. The summed E-state index contributed by atoms with van der Waals surface area (Å²) in [6, 6.07) is 3.61. The van der Waals surface area contributed by atoms with Gasteiger partial charge in [0.15, 0.2) is 0 Å². The Kier molecular flexibility index (Phi) is 5.40. The molecule has 7 heteroatoms. The summed E-state index contributed by atoms with van der Waals surface area (Å²) in [4.78, 5) is 11.3. The van der Waals surface area contributed by atoms with Gasteiger partial charge in [-0.2, -0.15) is 18.4 Å². The van der Waals surface area contributed by atoms with Crippen LogP contribution in [0.1, 0.15) is 29.2 Å². The van der Waals surface area contributed by atoms with Crippen LogP contribution in [-0.4, -0.2) is 12.6 Å². The molecule has 20 heavy (non-hydrogen) atoms. The summed E-state index contributed by atoms with van der Waals surface area (Å²) in [7, 11) is 0. The van der Waals surface area contributed by atoms with Crippen LogP contribution in [0.25, 0.3) is 0 Å². The number of carbonyl (C=O) groups excluding carboxylic acids is 1. The van der Waals surface area contributed by atoms with Gasteiger partial charge in [-0.15, -0.1) is 11.6 Å². The van der Waals surface area contributed by atoms with Crippen LogP contribution < -0.4 is 0 Å². The van der Waals surface area contributed by atoms with Crippen molar-refractivity contribution in [1.29, 1.82) is 5.26 Å². The summed E-state index contributed by atoms with van der Waals surface area (Å²) < 4.78 is 43.5. The first-order chi connectivity index (χ1) is 9.33. The highest BCUT2D eigenvalue weighted by atomic mass is 35.5. The summed E-state index contributed by atoms with van der Waals surface area (Å²) in [5.74, 6) is -0.994. The fraction of sp³-hybridized carbons (Fsp3) is 0.385. The quantitative estimate of drug-likeness (QED) is 0.632. The smallest absolute Gasteiger partial charge is 0.416 e. The molecule has 0 aromatic heterocycles. The Bertz CT molecular complexity index is 550. The molecular weight excluding hydrogens is 295 g/mol. The third kappa shape index (κ3) is 3.87. The van der Waals surface area contributed by atoms with Crippen molar-refractivity contribution < 1.29 is 22.7 Å². The molecule has 1 aromatic carbocycles. The molecule has 0 saturated carbocycles. The molecule has 0 unspecified atom stereocenters. The maximum absolute atomic E-state index is 13.0. The van der Waals surface area contributed by atoms with E-state index in [2.05, 4.69) is 4.74 Å². The lowest BCUT2D eigenvalue weighted by molar-refractivity contribution is -0.143. The van der Waals surface area contributed by atoms with Crippen LogP contribution in [0, 0.1) is 11.3 Å². The van der Waals surface area contributed by atoms with Crippen molar-refractivity contribution in [2.24, 2.45) is 0 Å². The number of esters is 1. The van der Waals surface area contributed by atoms with E-state index in [4.69, 9.17) is 16.9 Å². The highest BCUT2D eigenvalue weighted by molar-refractivity contribution is 6.17. The molecule has 0 radical (unpaired) electrons. The number of benzene rings is 1. The van der Waals surface area contributed by atoms with Crippen LogP contribution in [0.2, 0.25) is 0 Å². The number of ether oxygens (including phenoxy) is 1. The predicted molar refractivity (Wildman–Crippen MR) is 66.1 cm³/mol. The maximum Gasteiger partial charge on any atom is 0.416 e. The highest BCUT2D eigenvalue weighted by Crippen LogP contribution is 2.34. The van der Waals surface area contributed by atoms with Crippen LogP contribution in [0.5, 0.6) is 0 Å². The van der Waals surface area contributed by atoms with Crippen LogP contribution in [-0.2, 0) is 28.0 Å². The lowest BCUT2D eigenvalue weighted by Crippen LogP contribution is -2.15. The number of halogens is 4. The Hall–Kier alpha value is -1.74. The molecule has 0 bridgehead atoms. The predicted octanol–water partition coefficient (Wildman–Crippen LogP) is 3.42. The molecule has 0 saturated heterocycles. The number of carbonyl (C=O) groups is 1. The molecule has 0 fully saturated rings. The van der Waals surface area contributed by atoms with E-state index in [0.717, 1.165) is 12.1 Å². The fourth-order valence-electron chi connectivity index (χ4n) is 1.68. The number of hydrogen-bond donors (Lipinski definition) is 0. The Morgan fingerprint density at radius 3 is 2.50 bits per heavy atom. The number of nitrogens with zero attached hydrogens (tertiary/aromatic N) is 1. The Morgan fingerprint density at radius 2 is 2.05 bits per heavy atom. The van der Waals surface area contributed by atoms with E-state index in [-0.39, 0.29) is 29.2 Å².